The van der Waals surface area contributed by atoms with E-state index in [1.165, 1.54) is 11.1 Å². The molecule has 3 rings (SSSR count). The Morgan fingerprint density at radius 2 is 1.82 bits per heavy atom. The van der Waals surface area contributed by atoms with Crippen LogP contribution in [0.1, 0.15) is 22.9 Å². The van der Waals surface area contributed by atoms with Crippen LogP contribution in [0.2, 0.25) is 0 Å². The van der Waals surface area contributed by atoms with Crippen LogP contribution in [0.15, 0.2) is 24.3 Å². The highest BCUT2D eigenvalue weighted by Gasteiger charge is 2.26. The minimum Gasteiger partial charge on any atom is -0.357 e. The lowest BCUT2D eigenvalue weighted by atomic mass is 10.1. The topological polar surface area (TPSA) is 42.7 Å². The van der Waals surface area contributed by atoms with E-state index in [1.807, 2.05) is 14.1 Å². The zero-order chi connectivity index (χ0) is 11.8. The minimum absolute atomic E-state index is 0.465. The fraction of sp³-hybridized carbons (Fsp3) is 0.385. The second-order valence-electron chi connectivity index (χ2n) is 4.56. The summed E-state index contributed by atoms with van der Waals surface area (Å²) in [5.74, 6) is 2.37. The zero-order valence-electron chi connectivity index (χ0n) is 10.1. The Kier molecular flexibility index (Phi) is 2.35. The Morgan fingerprint density at radius 3 is 2.35 bits per heavy atom. The molecule has 88 valence electrons. The molecule has 0 unspecified atom stereocenters. The molecule has 1 N–H and O–H groups in total. The lowest BCUT2D eigenvalue weighted by Gasteiger charge is -2.08. The third-order valence-corrected chi connectivity index (χ3v) is 3.55. The molecule has 0 saturated heterocycles. The molecule has 0 amide bonds. The fourth-order valence-corrected chi connectivity index (χ4v) is 2.66. The Bertz CT molecular complexity index is 519. The van der Waals surface area contributed by atoms with Gasteiger partial charge in [-0.05, 0) is 24.0 Å². The molecule has 0 saturated carbocycles. The molecule has 1 aromatic heterocycles. The fourth-order valence-electron chi connectivity index (χ4n) is 2.66. The highest BCUT2D eigenvalue weighted by atomic mass is 15.3. The predicted octanol–water partition coefficient (Wildman–Crippen LogP) is 1.74. The Morgan fingerprint density at radius 1 is 1.18 bits per heavy atom. The largest absolute Gasteiger partial charge is 0.357 e. The van der Waals surface area contributed by atoms with Gasteiger partial charge in [0.25, 0.3) is 0 Å². The summed E-state index contributed by atoms with van der Waals surface area (Å²) in [7, 11) is 3.89. The quantitative estimate of drug-likeness (QED) is 0.851. The maximum absolute atomic E-state index is 4.30. The van der Waals surface area contributed by atoms with E-state index >= 15 is 0 Å². The molecule has 1 aliphatic carbocycles. The molecule has 1 aromatic carbocycles. The lowest BCUT2D eigenvalue weighted by Crippen LogP contribution is -2.08. The van der Waals surface area contributed by atoms with Crippen molar-refractivity contribution in [1.82, 2.24) is 14.8 Å². The molecule has 1 aliphatic rings. The van der Waals surface area contributed by atoms with Crippen LogP contribution in [0, 0.1) is 0 Å². The standard InChI is InChI=1S/C13H16N4/c1-14-13-16-15-12(17(13)2)11-7-9-5-3-4-6-10(9)8-11/h3-6,11H,7-8H2,1-2H3,(H,14,16). The van der Waals surface area contributed by atoms with Crippen molar-refractivity contribution in [2.75, 3.05) is 12.4 Å². The number of hydrogen-bond acceptors (Lipinski definition) is 3. The van der Waals surface area contributed by atoms with Crippen LogP contribution in [0.5, 0.6) is 0 Å². The third-order valence-electron chi connectivity index (χ3n) is 3.55. The van der Waals surface area contributed by atoms with Gasteiger partial charge in [0.05, 0.1) is 0 Å². The first kappa shape index (κ1) is 10.3. The van der Waals surface area contributed by atoms with Gasteiger partial charge in [0, 0.05) is 20.0 Å². The molecule has 0 spiro atoms. The van der Waals surface area contributed by atoms with E-state index in [1.54, 1.807) is 0 Å². The van der Waals surface area contributed by atoms with Gasteiger partial charge in [0.2, 0.25) is 5.95 Å². The molecule has 2 aromatic rings. The smallest absolute Gasteiger partial charge is 0.224 e. The SMILES string of the molecule is CNc1nnc(C2Cc3ccccc3C2)n1C. The lowest BCUT2D eigenvalue weighted by molar-refractivity contribution is 0.643. The summed E-state index contributed by atoms with van der Waals surface area (Å²) in [6.45, 7) is 0. The van der Waals surface area contributed by atoms with Crippen LogP contribution in [0.25, 0.3) is 0 Å². The number of nitrogens with zero attached hydrogens (tertiary/aromatic N) is 3. The van der Waals surface area contributed by atoms with Gasteiger partial charge in [-0.2, -0.15) is 0 Å². The zero-order valence-corrected chi connectivity index (χ0v) is 10.1. The number of anilines is 1. The molecular weight excluding hydrogens is 212 g/mol. The third kappa shape index (κ3) is 1.60. The highest BCUT2D eigenvalue weighted by Crippen LogP contribution is 2.33. The molecule has 4 heteroatoms. The molecule has 0 radical (unpaired) electrons. The van der Waals surface area contributed by atoms with E-state index < -0.39 is 0 Å². The molecule has 4 nitrogen and oxygen atoms in total. The normalized spacial score (nSPS) is 14.9. The van der Waals surface area contributed by atoms with Gasteiger partial charge in [0.15, 0.2) is 0 Å². The number of aromatic nitrogens is 3. The van der Waals surface area contributed by atoms with Gasteiger partial charge in [-0.15, -0.1) is 10.2 Å². The van der Waals surface area contributed by atoms with Gasteiger partial charge < -0.3 is 9.88 Å². The van der Waals surface area contributed by atoms with Gasteiger partial charge >= 0.3 is 0 Å². The van der Waals surface area contributed by atoms with E-state index in [0.29, 0.717) is 5.92 Å². The van der Waals surface area contributed by atoms with Crippen molar-refractivity contribution < 1.29 is 0 Å². The Labute approximate surface area is 101 Å². The number of fused-ring (bicyclic) bond motifs is 1. The van der Waals surface area contributed by atoms with E-state index in [-0.39, 0.29) is 0 Å². The summed E-state index contributed by atoms with van der Waals surface area (Å²) in [4.78, 5) is 0. The molecule has 0 aliphatic heterocycles. The molecule has 0 fully saturated rings. The van der Waals surface area contributed by atoms with Crippen LogP contribution in [0.4, 0.5) is 5.95 Å². The van der Waals surface area contributed by atoms with Crippen LogP contribution in [-0.2, 0) is 19.9 Å². The number of nitrogens with one attached hydrogen (secondary N) is 1. The first-order chi connectivity index (χ1) is 8.29. The monoisotopic (exact) mass is 228 g/mol. The van der Waals surface area contributed by atoms with E-state index in [9.17, 15) is 0 Å². The second kappa shape index (κ2) is 3.87. The van der Waals surface area contributed by atoms with Crippen molar-refractivity contribution in [2.24, 2.45) is 7.05 Å². The summed E-state index contributed by atoms with van der Waals surface area (Å²) in [6, 6.07) is 8.64. The molecule has 0 bridgehead atoms. The molecule has 0 atom stereocenters. The first-order valence-corrected chi connectivity index (χ1v) is 5.93. The number of hydrogen-bond donors (Lipinski definition) is 1. The van der Waals surface area contributed by atoms with E-state index in [2.05, 4.69) is 44.3 Å². The van der Waals surface area contributed by atoms with Gasteiger partial charge in [-0.3, -0.25) is 0 Å². The summed E-state index contributed by atoms with van der Waals surface area (Å²) < 4.78 is 2.05. The highest BCUT2D eigenvalue weighted by molar-refractivity contribution is 5.36. The van der Waals surface area contributed by atoms with Gasteiger partial charge in [-0.25, -0.2) is 0 Å². The van der Waals surface area contributed by atoms with E-state index in [4.69, 9.17) is 0 Å². The Balaban J connectivity index is 1.91. The number of rotatable bonds is 2. The molecule has 17 heavy (non-hydrogen) atoms. The van der Waals surface area contributed by atoms with Crippen molar-refractivity contribution in [2.45, 2.75) is 18.8 Å². The molecular formula is C13H16N4. The van der Waals surface area contributed by atoms with E-state index in [0.717, 1.165) is 24.6 Å². The van der Waals surface area contributed by atoms with Crippen LogP contribution in [-0.4, -0.2) is 21.8 Å². The maximum Gasteiger partial charge on any atom is 0.224 e. The maximum atomic E-state index is 4.30. The summed E-state index contributed by atoms with van der Waals surface area (Å²) in [5, 5.41) is 11.5. The predicted molar refractivity (Wildman–Crippen MR) is 67.1 cm³/mol. The summed E-state index contributed by atoms with van der Waals surface area (Å²) in [5.41, 5.74) is 2.90. The second-order valence-corrected chi connectivity index (χ2v) is 4.56. The summed E-state index contributed by atoms with van der Waals surface area (Å²) in [6.07, 6.45) is 2.15. The molecule has 1 heterocycles. The van der Waals surface area contributed by atoms with Crippen molar-refractivity contribution in [3.63, 3.8) is 0 Å². The minimum atomic E-state index is 0.465. The average molecular weight is 228 g/mol. The summed E-state index contributed by atoms with van der Waals surface area (Å²) >= 11 is 0. The first-order valence-electron chi connectivity index (χ1n) is 5.93. The van der Waals surface area contributed by atoms with Gasteiger partial charge in [0.1, 0.15) is 5.82 Å². The van der Waals surface area contributed by atoms with Crippen molar-refractivity contribution in [3.05, 3.63) is 41.2 Å². The van der Waals surface area contributed by atoms with Crippen LogP contribution in [0.3, 0.4) is 0 Å². The van der Waals surface area contributed by atoms with Crippen molar-refractivity contribution >= 4 is 5.95 Å². The Hall–Kier alpha value is -1.84. The average Bonchev–Trinajstić information content (AvgIpc) is 2.91. The van der Waals surface area contributed by atoms with Gasteiger partial charge in [-0.1, -0.05) is 24.3 Å². The van der Waals surface area contributed by atoms with Crippen LogP contribution < -0.4 is 5.32 Å². The van der Waals surface area contributed by atoms with Crippen molar-refractivity contribution in [1.29, 1.82) is 0 Å². The number of benzene rings is 1. The van der Waals surface area contributed by atoms with Crippen molar-refractivity contribution in [3.8, 4) is 0 Å². The van der Waals surface area contributed by atoms with Crippen LogP contribution >= 0.6 is 0 Å².